The summed E-state index contributed by atoms with van der Waals surface area (Å²) in [5.74, 6) is 0. The fourth-order valence-corrected chi connectivity index (χ4v) is 3.16. The zero-order valence-electron chi connectivity index (χ0n) is 13.6. The Balaban J connectivity index is 1.77. The third-order valence-electron chi connectivity index (χ3n) is 4.06. The number of para-hydroxylation sites is 1. The van der Waals surface area contributed by atoms with E-state index >= 15 is 0 Å². The van der Waals surface area contributed by atoms with Crippen LogP contribution >= 0.6 is 23.2 Å². The molecular formula is C19H19Cl2N3. The van der Waals surface area contributed by atoms with Gasteiger partial charge >= 0.3 is 0 Å². The smallest absolute Gasteiger partial charge is 0.137 e. The molecule has 0 radical (unpaired) electrons. The van der Waals surface area contributed by atoms with Gasteiger partial charge in [-0.15, -0.1) is 0 Å². The van der Waals surface area contributed by atoms with Crippen LogP contribution < -0.4 is 5.32 Å². The lowest BCUT2D eigenvalue weighted by atomic mass is 10.1. The van der Waals surface area contributed by atoms with E-state index in [1.54, 1.807) is 4.68 Å². The molecule has 0 aliphatic rings. The molecule has 0 saturated carbocycles. The highest BCUT2D eigenvalue weighted by atomic mass is 35.5. The monoisotopic (exact) mass is 359 g/mol. The first-order chi connectivity index (χ1) is 11.6. The SMILES string of the molecule is Cc1nn(-c2ccccc2)c(Cl)c1CN[C@@H](C)c1cccc(Cl)c1. The zero-order chi connectivity index (χ0) is 17.1. The van der Waals surface area contributed by atoms with Crippen LogP contribution in [0.2, 0.25) is 10.2 Å². The molecule has 124 valence electrons. The summed E-state index contributed by atoms with van der Waals surface area (Å²) in [4.78, 5) is 0. The van der Waals surface area contributed by atoms with Gasteiger partial charge in [-0.05, 0) is 43.7 Å². The Bertz CT molecular complexity index is 828. The Morgan fingerprint density at radius 1 is 1.08 bits per heavy atom. The van der Waals surface area contributed by atoms with Gasteiger partial charge in [0.1, 0.15) is 5.15 Å². The van der Waals surface area contributed by atoms with Gasteiger partial charge in [0.2, 0.25) is 0 Å². The first-order valence-corrected chi connectivity index (χ1v) is 8.60. The maximum Gasteiger partial charge on any atom is 0.137 e. The summed E-state index contributed by atoms with van der Waals surface area (Å²) in [6.45, 7) is 4.73. The van der Waals surface area contributed by atoms with Crippen LogP contribution in [0, 0.1) is 6.92 Å². The molecule has 1 N–H and O–H groups in total. The molecule has 1 aromatic heterocycles. The van der Waals surface area contributed by atoms with E-state index in [1.807, 2.05) is 55.5 Å². The molecule has 0 bridgehead atoms. The summed E-state index contributed by atoms with van der Waals surface area (Å²) < 4.78 is 1.78. The number of aromatic nitrogens is 2. The molecule has 0 fully saturated rings. The number of benzene rings is 2. The molecule has 5 heteroatoms. The van der Waals surface area contributed by atoms with Crippen LogP contribution in [0.15, 0.2) is 54.6 Å². The van der Waals surface area contributed by atoms with Gasteiger partial charge in [-0.1, -0.05) is 53.5 Å². The molecule has 2 aromatic carbocycles. The van der Waals surface area contributed by atoms with Crippen molar-refractivity contribution >= 4 is 23.2 Å². The van der Waals surface area contributed by atoms with Crippen molar-refractivity contribution in [3.63, 3.8) is 0 Å². The van der Waals surface area contributed by atoms with Gasteiger partial charge in [-0.2, -0.15) is 5.10 Å². The second-order valence-electron chi connectivity index (χ2n) is 5.76. The van der Waals surface area contributed by atoms with Crippen molar-refractivity contribution in [1.82, 2.24) is 15.1 Å². The van der Waals surface area contributed by atoms with E-state index in [-0.39, 0.29) is 6.04 Å². The molecule has 1 heterocycles. The number of hydrogen-bond acceptors (Lipinski definition) is 2. The number of hydrogen-bond donors (Lipinski definition) is 1. The van der Waals surface area contributed by atoms with E-state index in [9.17, 15) is 0 Å². The molecule has 3 rings (SSSR count). The second-order valence-corrected chi connectivity index (χ2v) is 6.55. The average molecular weight is 360 g/mol. The fraction of sp³-hybridized carbons (Fsp3) is 0.211. The minimum Gasteiger partial charge on any atom is -0.306 e. The maximum absolute atomic E-state index is 6.56. The molecule has 3 nitrogen and oxygen atoms in total. The van der Waals surface area contributed by atoms with E-state index in [4.69, 9.17) is 23.2 Å². The van der Waals surface area contributed by atoms with Crippen molar-refractivity contribution in [2.45, 2.75) is 26.4 Å². The van der Waals surface area contributed by atoms with Crippen LogP contribution in [-0.4, -0.2) is 9.78 Å². The lowest BCUT2D eigenvalue weighted by Crippen LogP contribution is -2.18. The Morgan fingerprint density at radius 3 is 2.54 bits per heavy atom. The van der Waals surface area contributed by atoms with E-state index in [1.165, 1.54) is 0 Å². The van der Waals surface area contributed by atoms with Crippen molar-refractivity contribution in [2.75, 3.05) is 0 Å². The summed E-state index contributed by atoms with van der Waals surface area (Å²) >= 11 is 12.6. The molecule has 24 heavy (non-hydrogen) atoms. The van der Waals surface area contributed by atoms with Gasteiger partial charge in [0.25, 0.3) is 0 Å². The molecule has 0 spiro atoms. The van der Waals surface area contributed by atoms with Gasteiger partial charge in [0.15, 0.2) is 0 Å². The van der Waals surface area contributed by atoms with Gasteiger partial charge in [-0.3, -0.25) is 0 Å². The minimum atomic E-state index is 0.166. The lowest BCUT2D eigenvalue weighted by molar-refractivity contribution is 0.573. The second kappa shape index (κ2) is 7.39. The van der Waals surface area contributed by atoms with Crippen molar-refractivity contribution in [3.05, 3.63) is 81.6 Å². The third kappa shape index (κ3) is 3.64. The van der Waals surface area contributed by atoms with Gasteiger partial charge in [0, 0.05) is 23.2 Å². The van der Waals surface area contributed by atoms with E-state index in [0.29, 0.717) is 11.7 Å². The molecule has 1 atom stereocenters. The van der Waals surface area contributed by atoms with Gasteiger partial charge in [0.05, 0.1) is 11.4 Å². The fourth-order valence-electron chi connectivity index (χ4n) is 2.62. The maximum atomic E-state index is 6.56. The summed E-state index contributed by atoms with van der Waals surface area (Å²) in [5.41, 5.74) is 4.04. The van der Waals surface area contributed by atoms with Crippen molar-refractivity contribution in [2.24, 2.45) is 0 Å². The molecule has 3 aromatic rings. The van der Waals surface area contributed by atoms with E-state index < -0.39 is 0 Å². The van der Waals surface area contributed by atoms with Crippen LogP contribution in [0.4, 0.5) is 0 Å². The Kier molecular flexibility index (Phi) is 5.24. The highest BCUT2D eigenvalue weighted by molar-refractivity contribution is 6.31. The van der Waals surface area contributed by atoms with Crippen LogP contribution in [0.3, 0.4) is 0 Å². The Morgan fingerprint density at radius 2 is 1.83 bits per heavy atom. The molecule has 0 aliphatic carbocycles. The van der Waals surface area contributed by atoms with Gasteiger partial charge in [-0.25, -0.2) is 4.68 Å². The first kappa shape index (κ1) is 17.0. The number of halogens is 2. The van der Waals surface area contributed by atoms with Crippen molar-refractivity contribution < 1.29 is 0 Å². The zero-order valence-corrected chi connectivity index (χ0v) is 15.1. The normalized spacial score (nSPS) is 12.3. The minimum absolute atomic E-state index is 0.166. The quantitative estimate of drug-likeness (QED) is 0.666. The summed E-state index contributed by atoms with van der Waals surface area (Å²) in [5, 5.41) is 9.45. The standard InChI is InChI=1S/C19H19Cl2N3/c1-13(15-7-6-8-16(20)11-15)22-12-18-14(2)23-24(19(18)21)17-9-4-3-5-10-17/h3-11,13,22H,12H2,1-2H3/t13-/m0/s1. The predicted molar refractivity (Wildman–Crippen MR) is 100 cm³/mol. The van der Waals surface area contributed by atoms with Crippen LogP contribution in [0.5, 0.6) is 0 Å². The predicted octanol–water partition coefficient (Wildman–Crippen LogP) is 5.34. The Labute approximate surface area is 152 Å². The van der Waals surface area contributed by atoms with Crippen LogP contribution in [-0.2, 0) is 6.54 Å². The molecule has 0 amide bonds. The Hall–Kier alpha value is -1.81. The number of rotatable bonds is 5. The molecule has 0 aliphatic heterocycles. The number of nitrogens with one attached hydrogen (secondary N) is 1. The van der Waals surface area contributed by atoms with E-state index in [0.717, 1.165) is 27.5 Å². The topological polar surface area (TPSA) is 29.9 Å². The summed E-state index contributed by atoms with van der Waals surface area (Å²) in [6.07, 6.45) is 0. The third-order valence-corrected chi connectivity index (χ3v) is 4.68. The lowest BCUT2D eigenvalue weighted by Gasteiger charge is -2.14. The number of nitrogens with zero attached hydrogens (tertiary/aromatic N) is 2. The summed E-state index contributed by atoms with van der Waals surface area (Å²) in [6, 6.07) is 17.9. The summed E-state index contributed by atoms with van der Waals surface area (Å²) in [7, 11) is 0. The van der Waals surface area contributed by atoms with Gasteiger partial charge < -0.3 is 5.32 Å². The molecule has 0 unspecified atom stereocenters. The van der Waals surface area contributed by atoms with Crippen molar-refractivity contribution in [1.29, 1.82) is 0 Å². The molecular weight excluding hydrogens is 341 g/mol. The van der Waals surface area contributed by atoms with Crippen molar-refractivity contribution in [3.8, 4) is 5.69 Å². The van der Waals surface area contributed by atoms with Crippen LogP contribution in [0.1, 0.15) is 29.8 Å². The largest absolute Gasteiger partial charge is 0.306 e. The number of aryl methyl sites for hydroxylation is 1. The molecule has 0 saturated heterocycles. The first-order valence-electron chi connectivity index (χ1n) is 7.84. The highest BCUT2D eigenvalue weighted by Gasteiger charge is 2.15. The highest BCUT2D eigenvalue weighted by Crippen LogP contribution is 2.24. The van der Waals surface area contributed by atoms with Crippen LogP contribution in [0.25, 0.3) is 5.69 Å². The average Bonchev–Trinajstić information content (AvgIpc) is 2.88. The van der Waals surface area contributed by atoms with E-state index in [2.05, 4.69) is 23.4 Å².